The Morgan fingerprint density at radius 3 is 2.19 bits per heavy atom. The summed E-state index contributed by atoms with van der Waals surface area (Å²) in [5, 5.41) is 13.8. The second-order valence-corrected chi connectivity index (χ2v) is 10.8. The third-order valence-electron chi connectivity index (χ3n) is 8.26. The first-order chi connectivity index (χ1) is 18.0. The molecule has 1 unspecified atom stereocenters. The second kappa shape index (κ2) is 11.5. The van der Waals surface area contributed by atoms with Crippen molar-refractivity contribution in [1.29, 1.82) is 0 Å². The molecule has 0 aromatic heterocycles. The summed E-state index contributed by atoms with van der Waals surface area (Å²) in [6.07, 6.45) is 4.10. The zero-order chi connectivity index (χ0) is 25.8. The van der Waals surface area contributed by atoms with Gasteiger partial charge in [0.15, 0.2) is 0 Å². The molecule has 2 heterocycles. The first-order valence-corrected chi connectivity index (χ1v) is 13.7. The largest absolute Gasteiger partial charge is 0.388 e. The molecule has 37 heavy (non-hydrogen) atoms. The van der Waals surface area contributed by atoms with Crippen molar-refractivity contribution >= 4 is 17.3 Å². The predicted octanol–water partition coefficient (Wildman–Crippen LogP) is 5.97. The van der Waals surface area contributed by atoms with E-state index in [4.69, 9.17) is 0 Å². The summed E-state index contributed by atoms with van der Waals surface area (Å²) in [5.41, 5.74) is 5.96. The van der Waals surface area contributed by atoms with Crippen LogP contribution in [-0.4, -0.2) is 48.1 Å². The zero-order valence-electron chi connectivity index (χ0n) is 22.1. The Kier molecular flexibility index (Phi) is 7.92. The van der Waals surface area contributed by atoms with Crippen LogP contribution < -0.4 is 10.2 Å². The minimum Gasteiger partial charge on any atom is -0.388 e. The van der Waals surface area contributed by atoms with Crippen LogP contribution in [0.5, 0.6) is 0 Å². The van der Waals surface area contributed by atoms with Gasteiger partial charge >= 0.3 is 0 Å². The molecule has 1 amide bonds. The molecular weight excluding hydrogens is 458 g/mol. The zero-order valence-corrected chi connectivity index (χ0v) is 22.1. The fourth-order valence-corrected chi connectivity index (χ4v) is 6.03. The average Bonchev–Trinajstić information content (AvgIpc) is 2.94. The van der Waals surface area contributed by atoms with Crippen molar-refractivity contribution in [3.8, 4) is 0 Å². The molecule has 2 aliphatic heterocycles. The molecule has 5 nitrogen and oxygen atoms in total. The summed E-state index contributed by atoms with van der Waals surface area (Å²) in [7, 11) is 0. The first-order valence-electron chi connectivity index (χ1n) is 13.7. The van der Waals surface area contributed by atoms with E-state index in [0.29, 0.717) is 12.0 Å². The van der Waals surface area contributed by atoms with Crippen LogP contribution in [-0.2, 0) is 0 Å². The number of nitrogens with zero attached hydrogens (tertiary/aromatic N) is 2. The smallest absolute Gasteiger partial charge is 0.255 e. The number of hydrogen-bond acceptors (Lipinski definition) is 4. The van der Waals surface area contributed by atoms with Crippen LogP contribution in [0, 0.1) is 19.8 Å². The molecule has 3 aromatic rings. The third kappa shape index (κ3) is 6.06. The lowest BCUT2D eigenvalue weighted by atomic mass is 9.86. The van der Waals surface area contributed by atoms with Crippen molar-refractivity contribution in [1.82, 2.24) is 4.90 Å². The number of benzene rings is 3. The number of piperidine rings is 2. The number of carbonyl (C=O) groups excluding carboxylic acids is 1. The van der Waals surface area contributed by atoms with Gasteiger partial charge in [-0.15, -0.1) is 0 Å². The van der Waals surface area contributed by atoms with Crippen LogP contribution >= 0.6 is 0 Å². The van der Waals surface area contributed by atoms with E-state index in [2.05, 4.69) is 27.2 Å². The first kappa shape index (κ1) is 25.5. The highest BCUT2D eigenvalue weighted by Crippen LogP contribution is 2.33. The number of amides is 1. The van der Waals surface area contributed by atoms with Crippen molar-refractivity contribution in [2.75, 3.05) is 36.4 Å². The monoisotopic (exact) mass is 497 g/mol. The molecule has 0 saturated carbocycles. The minimum absolute atomic E-state index is 0.0638. The van der Waals surface area contributed by atoms with Crippen molar-refractivity contribution in [2.45, 2.75) is 51.7 Å². The lowest BCUT2D eigenvalue weighted by molar-refractivity contribution is 0.0404. The molecule has 194 valence electrons. The van der Waals surface area contributed by atoms with Gasteiger partial charge in [0.25, 0.3) is 5.91 Å². The summed E-state index contributed by atoms with van der Waals surface area (Å²) in [4.78, 5) is 17.8. The Balaban J connectivity index is 1.09. The van der Waals surface area contributed by atoms with Crippen LogP contribution in [0.4, 0.5) is 11.4 Å². The Morgan fingerprint density at radius 2 is 1.54 bits per heavy atom. The molecule has 2 saturated heterocycles. The number of aliphatic hydroxyl groups excluding tert-OH is 1. The second-order valence-electron chi connectivity index (χ2n) is 10.8. The number of anilines is 2. The van der Waals surface area contributed by atoms with Gasteiger partial charge in [-0.05, 0) is 100.0 Å². The molecule has 5 rings (SSSR count). The van der Waals surface area contributed by atoms with E-state index in [-0.39, 0.29) is 12.0 Å². The maximum Gasteiger partial charge on any atom is 0.255 e. The van der Waals surface area contributed by atoms with E-state index in [9.17, 15) is 9.90 Å². The topological polar surface area (TPSA) is 55.8 Å². The van der Waals surface area contributed by atoms with Crippen molar-refractivity contribution in [3.63, 3.8) is 0 Å². The van der Waals surface area contributed by atoms with Gasteiger partial charge in [-0.3, -0.25) is 4.79 Å². The van der Waals surface area contributed by atoms with Crippen LogP contribution in [0.15, 0.2) is 72.8 Å². The molecule has 3 aromatic carbocycles. The SMILES string of the molecule is Cc1ccc(C(=O)Nc2ccc(N3CCC(N4CCC(C(O)c5ccccc5)CC4)CC3)cc2)c(C)c1. The van der Waals surface area contributed by atoms with Crippen LogP contribution in [0.25, 0.3) is 0 Å². The third-order valence-corrected chi connectivity index (χ3v) is 8.26. The highest BCUT2D eigenvalue weighted by molar-refractivity contribution is 6.05. The molecule has 1 atom stereocenters. The lowest BCUT2D eigenvalue weighted by Crippen LogP contribution is -2.48. The highest BCUT2D eigenvalue weighted by Gasteiger charge is 2.31. The fraction of sp³-hybridized carbons (Fsp3) is 0.406. The van der Waals surface area contributed by atoms with Gasteiger partial charge in [-0.2, -0.15) is 0 Å². The molecule has 0 spiro atoms. The average molecular weight is 498 g/mol. The Hall–Kier alpha value is -3.15. The van der Waals surface area contributed by atoms with Gasteiger partial charge in [0.05, 0.1) is 6.10 Å². The number of aliphatic hydroxyl groups is 1. The van der Waals surface area contributed by atoms with Crippen molar-refractivity contribution in [2.24, 2.45) is 5.92 Å². The normalized spacial score (nSPS) is 18.5. The number of carbonyl (C=O) groups is 1. The predicted molar refractivity (Wildman–Crippen MR) is 151 cm³/mol. The summed E-state index contributed by atoms with van der Waals surface area (Å²) in [6, 6.07) is 24.9. The number of nitrogens with one attached hydrogen (secondary N) is 1. The van der Waals surface area contributed by atoms with Gasteiger partial charge in [-0.25, -0.2) is 0 Å². The number of likely N-dealkylation sites (tertiary alicyclic amines) is 1. The molecule has 2 aliphatic rings. The molecule has 0 aliphatic carbocycles. The standard InChI is InChI=1S/C32H39N3O2/c1-23-8-13-30(24(2)22-23)32(37)33-27-9-11-28(12-10-27)35-20-16-29(17-21-35)34-18-14-26(15-19-34)31(36)25-6-4-3-5-7-25/h3-13,22,26,29,31,36H,14-21H2,1-2H3,(H,33,37). The van der Waals surface area contributed by atoms with E-state index in [0.717, 1.165) is 79.8 Å². The summed E-state index contributed by atoms with van der Waals surface area (Å²) >= 11 is 0. The van der Waals surface area contributed by atoms with Gasteiger partial charge < -0.3 is 20.2 Å². The van der Waals surface area contributed by atoms with E-state index in [1.54, 1.807) is 0 Å². The number of aryl methyl sites for hydroxylation is 2. The highest BCUT2D eigenvalue weighted by atomic mass is 16.3. The minimum atomic E-state index is -0.348. The number of hydrogen-bond donors (Lipinski definition) is 2. The van der Waals surface area contributed by atoms with Crippen LogP contribution in [0.1, 0.15) is 58.8 Å². The maximum absolute atomic E-state index is 12.7. The molecule has 0 bridgehead atoms. The molecular formula is C32H39N3O2. The van der Waals surface area contributed by atoms with Gasteiger partial charge in [0, 0.05) is 36.1 Å². The van der Waals surface area contributed by atoms with E-state index < -0.39 is 0 Å². The summed E-state index contributed by atoms with van der Waals surface area (Å²) in [6.45, 7) is 8.26. The van der Waals surface area contributed by atoms with Crippen LogP contribution in [0.2, 0.25) is 0 Å². The van der Waals surface area contributed by atoms with Gasteiger partial charge in [-0.1, -0.05) is 48.0 Å². The van der Waals surface area contributed by atoms with Gasteiger partial charge in [0.2, 0.25) is 0 Å². The quantitative estimate of drug-likeness (QED) is 0.441. The fourth-order valence-electron chi connectivity index (χ4n) is 6.03. The molecule has 2 N–H and O–H groups in total. The van der Waals surface area contributed by atoms with Crippen molar-refractivity contribution in [3.05, 3.63) is 95.1 Å². The maximum atomic E-state index is 12.7. The summed E-state index contributed by atoms with van der Waals surface area (Å²) < 4.78 is 0. The summed E-state index contributed by atoms with van der Waals surface area (Å²) in [5.74, 6) is 0.291. The van der Waals surface area contributed by atoms with Crippen molar-refractivity contribution < 1.29 is 9.90 Å². The Bertz CT molecular complexity index is 1180. The lowest BCUT2D eigenvalue weighted by Gasteiger charge is -2.43. The van der Waals surface area contributed by atoms with E-state index in [1.165, 1.54) is 5.69 Å². The Morgan fingerprint density at radius 1 is 0.865 bits per heavy atom. The van der Waals surface area contributed by atoms with E-state index in [1.807, 2.05) is 74.5 Å². The number of rotatable bonds is 6. The van der Waals surface area contributed by atoms with Crippen LogP contribution in [0.3, 0.4) is 0 Å². The van der Waals surface area contributed by atoms with Gasteiger partial charge in [0.1, 0.15) is 0 Å². The Labute approximate surface area is 221 Å². The molecule has 2 fully saturated rings. The molecule has 0 radical (unpaired) electrons. The molecule has 5 heteroatoms. The van der Waals surface area contributed by atoms with E-state index >= 15 is 0 Å².